The minimum atomic E-state index is -0.766. The smallest absolute Gasteiger partial charge is 0.301 e. The summed E-state index contributed by atoms with van der Waals surface area (Å²) < 4.78 is 5.64. The average molecular weight is 420 g/mol. The number of Topliss-reactive ketones (excluding diaryl/α,β-unsaturated/α-hetero) is 1. The zero-order valence-electron chi connectivity index (χ0n) is 16.3. The summed E-state index contributed by atoms with van der Waals surface area (Å²) in [6, 6.07) is 15.3. The van der Waals surface area contributed by atoms with Gasteiger partial charge in [-0.15, -0.1) is 11.3 Å². The van der Waals surface area contributed by atoms with Gasteiger partial charge in [0, 0.05) is 17.1 Å². The fourth-order valence-electron chi connectivity index (χ4n) is 3.42. The fraction of sp³-hybridized carbons (Fsp3) is 0.174. The maximum absolute atomic E-state index is 13.0. The maximum atomic E-state index is 13.0. The van der Waals surface area contributed by atoms with Crippen LogP contribution in [-0.2, 0) is 9.59 Å². The second-order valence-corrected chi connectivity index (χ2v) is 7.64. The van der Waals surface area contributed by atoms with Crippen LogP contribution in [0.4, 0.5) is 5.13 Å². The zero-order chi connectivity index (χ0) is 21.1. The largest absolute Gasteiger partial charge is 0.507 e. The number of amides is 1. The lowest BCUT2D eigenvalue weighted by Crippen LogP contribution is -2.29. The van der Waals surface area contributed by atoms with Gasteiger partial charge in [-0.05, 0) is 24.1 Å². The molecule has 4 rings (SSSR count). The lowest BCUT2D eigenvalue weighted by atomic mass is 9.95. The van der Waals surface area contributed by atoms with Gasteiger partial charge in [0.25, 0.3) is 5.78 Å². The Morgan fingerprint density at radius 1 is 1.17 bits per heavy atom. The number of hydrogen-bond donors (Lipinski definition) is 1. The molecule has 1 aromatic heterocycles. The Morgan fingerprint density at radius 3 is 2.67 bits per heavy atom. The summed E-state index contributed by atoms with van der Waals surface area (Å²) in [5.41, 5.74) is 1.17. The molecule has 1 saturated heterocycles. The minimum Gasteiger partial charge on any atom is -0.507 e. The van der Waals surface area contributed by atoms with E-state index >= 15 is 0 Å². The average Bonchev–Trinajstić information content (AvgIpc) is 3.39. The van der Waals surface area contributed by atoms with Crippen LogP contribution in [0, 0.1) is 0 Å². The normalized spacial score (nSPS) is 18.0. The Balaban J connectivity index is 1.86. The molecular formula is C23H20N2O4S. The van der Waals surface area contributed by atoms with Gasteiger partial charge >= 0.3 is 5.91 Å². The molecule has 1 fully saturated rings. The van der Waals surface area contributed by atoms with E-state index < -0.39 is 17.7 Å². The molecule has 3 aromatic rings. The standard InChI is InChI=1S/C23H20N2O4S/c1-2-12-29-17-10-6-9-16(14-17)20(26)18-19(15-7-4-3-5-8-15)25(22(28)21(18)27)23-24-11-13-30-23/h3-11,13-14,19,26H,2,12H2,1H3/b20-18+. The third-order valence-electron chi connectivity index (χ3n) is 4.77. The number of thiazole rings is 1. The number of ether oxygens (including phenoxy) is 1. The summed E-state index contributed by atoms with van der Waals surface area (Å²) in [6.45, 7) is 2.55. The van der Waals surface area contributed by atoms with Gasteiger partial charge in [0.2, 0.25) is 0 Å². The van der Waals surface area contributed by atoms with Gasteiger partial charge in [-0.3, -0.25) is 14.5 Å². The highest BCUT2D eigenvalue weighted by atomic mass is 32.1. The second kappa shape index (κ2) is 8.51. The predicted octanol–water partition coefficient (Wildman–Crippen LogP) is 4.56. The molecule has 1 atom stereocenters. The van der Waals surface area contributed by atoms with Crippen molar-refractivity contribution in [2.45, 2.75) is 19.4 Å². The van der Waals surface area contributed by atoms with Crippen LogP contribution in [0.1, 0.15) is 30.5 Å². The molecule has 30 heavy (non-hydrogen) atoms. The summed E-state index contributed by atoms with van der Waals surface area (Å²) >= 11 is 1.26. The topological polar surface area (TPSA) is 79.7 Å². The van der Waals surface area contributed by atoms with E-state index in [0.29, 0.717) is 28.6 Å². The first-order valence-corrected chi connectivity index (χ1v) is 10.5. The van der Waals surface area contributed by atoms with Crippen molar-refractivity contribution < 1.29 is 19.4 Å². The molecule has 2 heterocycles. The quantitative estimate of drug-likeness (QED) is 0.359. The molecule has 1 aliphatic heterocycles. The number of carbonyl (C=O) groups is 2. The van der Waals surface area contributed by atoms with Crippen molar-refractivity contribution in [3.8, 4) is 5.75 Å². The van der Waals surface area contributed by atoms with Crippen molar-refractivity contribution in [3.63, 3.8) is 0 Å². The number of carbonyl (C=O) groups excluding carboxylic acids is 2. The highest BCUT2D eigenvalue weighted by Gasteiger charge is 2.47. The molecule has 0 saturated carbocycles. The molecule has 6 nitrogen and oxygen atoms in total. The first-order valence-electron chi connectivity index (χ1n) is 9.60. The van der Waals surface area contributed by atoms with Gasteiger partial charge in [0.15, 0.2) is 5.13 Å². The predicted molar refractivity (Wildman–Crippen MR) is 116 cm³/mol. The van der Waals surface area contributed by atoms with E-state index in [-0.39, 0.29) is 11.3 Å². The Hall–Kier alpha value is -3.45. The number of ketones is 1. The van der Waals surface area contributed by atoms with Crippen LogP contribution in [0.3, 0.4) is 0 Å². The molecule has 1 amide bonds. The number of aromatic nitrogens is 1. The van der Waals surface area contributed by atoms with Crippen molar-refractivity contribution in [1.29, 1.82) is 0 Å². The molecule has 1 N–H and O–H groups in total. The van der Waals surface area contributed by atoms with E-state index in [4.69, 9.17) is 4.74 Å². The first-order chi connectivity index (χ1) is 14.6. The molecule has 1 aliphatic rings. The van der Waals surface area contributed by atoms with Crippen LogP contribution in [0.15, 0.2) is 71.7 Å². The molecule has 7 heteroatoms. The number of aliphatic hydroxyl groups is 1. The van der Waals surface area contributed by atoms with E-state index in [0.717, 1.165) is 6.42 Å². The van der Waals surface area contributed by atoms with Crippen LogP contribution < -0.4 is 9.64 Å². The summed E-state index contributed by atoms with van der Waals surface area (Å²) in [6.07, 6.45) is 2.43. The van der Waals surface area contributed by atoms with Gasteiger partial charge in [-0.25, -0.2) is 4.98 Å². The third kappa shape index (κ3) is 3.59. The van der Waals surface area contributed by atoms with Crippen LogP contribution in [0.2, 0.25) is 0 Å². The van der Waals surface area contributed by atoms with Gasteiger partial charge in [0.1, 0.15) is 11.5 Å². The van der Waals surface area contributed by atoms with Crippen molar-refractivity contribution in [1.82, 2.24) is 4.98 Å². The molecule has 0 aliphatic carbocycles. The van der Waals surface area contributed by atoms with E-state index in [1.165, 1.54) is 16.2 Å². The molecule has 1 unspecified atom stereocenters. The molecular weight excluding hydrogens is 400 g/mol. The Bertz CT molecular complexity index is 1090. The van der Waals surface area contributed by atoms with Crippen molar-refractivity contribution in [2.75, 3.05) is 11.5 Å². The van der Waals surface area contributed by atoms with Gasteiger partial charge in [-0.2, -0.15) is 0 Å². The number of rotatable bonds is 6. The van der Waals surface area contributed by atoms with Gasteiger partial charge < -0.3 is 9.84 Å². The molecule has 0 radical (unpaired) electrons. The van der Waals surface area contributed by atoms with E-state index in [9.17, 15) is 14.7 Å². The molecule has 0 spiro atoms. The lowest BCUT2D eigenvalue weighted by Gasteiger charge is -2.22. The van der Waals surface area contributed by atoms with Crippen LogP contribution in [0.5, 0.6) is 5.75 Å². The minimum absolute atomic E-state index is 0.0361. The highest BCUT2D eigenvalue weighted by Crippen LogP contribution is 2.42. The SMILES string of the molecule is CCCOc1cccc(/C(O)=C2\C(=O)C(=O)N(c3nccs3)C2c2ccccc2)c1. The van der Waals surface area contributed by atoms with Gasteiger partial charge in [0.05, 0.1) is 18.2 Å². The number of benzene rings is 2. The van der Waals surface area contributed by atoms with Crippen molar-refractivity contribution >= 4 is 33.9 Å². The summed E-state index contributed by atoms with van der Waals surface area (Å²) in [7, 11) is 0. The first kappa shape index (κ1) is 19.8. The third-order valence-corrected chi connectivity index (χ3v) is 5.54. The number of nitrogens with zero attached hydrogens (tertiary/aromatic N) is 2. The number of aliphatic hydroxyl groups excluding tert-OH is 1. The molecule has 152 valence electrons. The van der Waals surface area contributed by atoms with Gasteiger partial charge in [-0.1, -0.05) is 49.4 Å². The molecule has 0 bridgehead atoms. The Kier molecular flexibility index (Phi) is 5.63. The Labute approximate surface area is 178 Å². The van der Waals surface area contributed by atoms with E-state index in [1.807, 2.05) is 37.3 Å². The maximum Gasteiger partial charge on any atom is 0.301 e. The lowest BCUT2D eigenvalue weighted by molar-refractivity contribution is -0.132. The van der Waals surface area contributed by atoms with E-state index in [2.05, 4.69) is 4.98 Å². The zero-order valence-corrected chi connectivity index (χ0v) is 17.1. The number of hydrogen-bond acceptors (Lipinski definition) is 6. The van der Waals surface area contributed by atoms with Crippen LogP contribution >= 0.6 is 11.3 Å². The number of anilines is 1. The van der Waals surface area contributed by atoms with Crippen LogP contribution in [0.25, 0.3) is 5.76 Å². The highest BCUT2D eigenvalue weighted by molar-refractivity contribution is 7.14. The summed E-state index contributed by atoms with van der Waals surface area (Å²) in [5, 5.41) is 13.3. The Morgan fingerprint density at radius 2 is 1.97 bits per heavy atom. The van der Waals surface area contributed by atoms with Crippen molar-refractivity contribution in [2.24, 2.45) is 0 Å². The van der Waals surface area contributed by atoms with E-state index in [1.54, 1.807) is 35.8 Å². The second-order valence-electron chi connectivity index (χ2n) is 6.77. The van der Waals surface area contributed by atoms with Crippen LogP contribution in [-0.4, -0.2) is 28.4 Å². The summed E-state index contributed by atoms with van der Waals surface area (Å²) in [5.74, 6) is -1.09. The monoisotopic (exact) mass is 420 g/mol. The summed E-state index contributed by atoms with van der Waals surface area (Å²) in [4.78, 5) is 31.5. The fourth-order valence-corrected chi connectivity index (χ4v) is 4.09. The van der Waals surface area contributed by atoms with Crippen molar-refractivity contribution in [3.05, 3.63) is 82.9 Å². The molecule has 2 aromatic carbocycles.